The number of rotatable bonds is 8. The Morgan fingerprint density at radius 2 is 1.48 bits per heavy atom. The average Bonchev–Trinajstić information content (AvgIpc) is 3.15. The fourth-order valence-corrected chi connectivity index (χ4v) is 3.57. The summed E-state index contributed by atoms with van der Waals surface area (Å²) < 4.78 is 5.10. The summed E-state index contributed by atoms with van der Waals surface area (Å²) in [6, 6.07) is 23.5. The van der Waals surface area contributed by atoms with Crippen LogP contribution in [0.1, 0.15) is 32.7 Å². The molecular weight excluding hydrogens is 420 g/mol. The first-order chi connectivity index (χ1) is 16.0. The predicted octanol–water partition coefficient (Wildman–Crippen LogP) is 3.15. The Bertz CT molecular complexity index is 1160. The minimum atomic E-state index is -0.660. The van der Waals surface area contributed by atoms with E-state index in [4.69, 9.17) is 4.74 Å². The van der Waals surface area contributed by atoms with Gasteiger partial charge < -0.3 is 10.1 Å². The van der Waals surface area contributed by atoms with E-state index in [-0.39, 0.29) is 36.2 Å². The first-order valence-electron chi connectivity index (χ1n) is 10.5. The fraction of sp³-hybridized carbons (Fsp3) is 0.154. The van der Waals surface area contributed by atoms with Crippen LogP contribution >= 0.6 is 0 Å². The summed E-state index contributed by atoms with van der Waals surface area (Å²) in [5, 5.41) is 3.13. The van der Waals surface area contributed by atoms with Crippen molar-refractivity contribution in [2.75, 3.05) is 11.5 Å². The highest BCUT2D eigenvalue weighted by Crippen LogP contribution is 2.24. The number of esters is 1. The van der Waals surface area contributed by atoms with Crippen molar-refractivity contribution in [2.45, 2.75) is 19.0 Å². The summed E-state index contributed by atoms with van der Waals surface area (Å²) in [6.07, 6.45) is 0.0665. The molecule has 3 aromatic carbocycles. The van der Waals surface area contributed by atoms with Crippen LogP contribution in [0.3, 0.4) is 0 Å². The zero-order chi connectivity index (χ0) is 23.2. The van der Waals surface area contributed by atoms with Crippen LogP contribution in [0.15, 0.2) is 84.9 Å². The molecule has 4 rings (SSSR count). The molecule has 0 saturated carbocycles. The molecule has 1 atom stereocenters. The number of ether oxygens (including phenoxy) is 1. The summed E-state index contributed by atoms with van der Waals surface area (Å²) in [5.41, 5.74) is 2.08. The lowest BCUT2D eigenvalue weighted by Gasteiger charge is -2.16. The second kappa shape index (κ2) is 10.0. The number of nitrogens with zero attached hydrogens (tertiary/aromatic N) is 1. The van der Waals surface area contributed by atoms with Gasteiger partial charge in [-0.15, -0.1) is 0 Å². The van der Waals surface area contributed by atoms with Crippen LogP contribution in [0.5, 0.6) is 0 Å². The first kappa shape index (κ1) is 22.1. The molecular formula is C26H22N2O5. The number of anilines is 1. The van der Waals surface area contributed by atoms with Gasteiger partial charge in [0.2, 0.25) is 5.91 Å². The molecule has 3 aromatic rings. The van der Waals surface area contributed by atoms with Crippen LogP contribution in [-0.4, -0.2) is 36.2 Å². The monoisotopic (exact) mass is 442 g/mol. The fourth-order valence-electron chi connectivity index (χ4n) is 3.57. The van der Waals surface area contributed by atoms with E-state index >= 15 is 0 Å². The van der Waals surface area contributed by atoms with Gasteiger partial charge in [0.15, 0.2) is 12.4 Å². The van der Waals surface area contributed by atoms with Crippen LogP contribution in [-0.2, 0) is 20.9 Å². The zero-order valence-corrected chi connectivity index (χ0v) is 17.8. The third kappa shape index (κ3) is 5.22. The quantitative estimate of drug-likeness (QED) is 0.327. The minimum Gasteiger partial charge on any atom is -0.454 e. The van der Waals surface area contributed by atoms with Crippen molar-refractivity contribution in [3.05, 3.63) is 102 Å². The van der Waals surface area contributed by atoms with Gasteiger partial charge >= 0.3 is 5.97 Å². The number of ketones is 1. The summed E-state index contributed by atoms with van der Waals surface area (Å²) in [4.78, 5) is 50.7. The van der Waals surface area contributed by atoms with Crippen LogP contribution < -0.4 is 10.2 Å². The van der Waals surface area contributed by atoms with Crippen molar-refractivity contribution in [3.63, 3.8) is 0 Å². The van der Waals surface area contributed by atoms with E-state index in [1.165, 1.54) is 24.3 Å². The Kier molecular flexibility index (Phi) is 6.71. The SMILES string of the molecule is O=C(COC(=O)c1ccc(N2C(=O)CC(NCc3ccccc3)C2=O)cc1)c1ccccc1. The Labute approximate surface area is 191 Å². The second-order valence-corrected chi connectivity index (χ2v) is 7.60. The van der Waals surface area contributed by atoms with Crippen LogP contribution in [0.2, 0.25) is 0 Å². The van der Waals surface area contributed by atoms with Gasteiger partial charge in [0.05, 0.1) is 23.7 Å². The summed E-state index contributed by atoms with van der Waals surface area (Å²) >= 11 is 0. The van der Waals surface area contributed by atoms with E-state index in [0.717, 1.165) is 10.5 Å². The maximum atomic E-state index is 12.8. The molecule has 0 spiro atoms. The number of carbonyl (C=O) groups excluding carboxylic acids is 4. The lowest BCUT2D eigenvalue weighted by molar-refractivity contribution is -0.121. The molecule has 1 unspecified atom stereocenters. The van der Waals surface area contributed by atoms with Crippen molar-refractivity contribution in [2.24, 2.45) is 0 Å². The molecule has 1 N–H and O–H groups in total. The van der Waals surface area contributed by atoms with Gasteiger partial charge in [-0.1, -0.05) is 60.7 Å². The van der Waals surface area contributed by atoms with E-state index in [1.807, 2.05) is 30.3 Å². The Balaban J connectivity index is 1.35. The molecule has 0 bridgehead atoms. The highest BCUT2D eigenvalue weighted by Gasteiger charge is 2.39. The number of hydrogen-bond donors (Lipinski definition) is 1. The molecule has 0 aliphatic carbocycles. The molecule has 7 nitrogen and oxygen atoms in total. The lowest BCUT2D eigenvalue weighted by atomic mass is 10.1. The van der Waals surface area contributed by atoms with Crippen molar-refractivity contribution in [1.29, 1.82) is 0 Å². The maximum absolute atomic E-state index is 12.8. The highest BCUT2D eigenvalue weighted by molar-refractivity contribution is 6.22. The number of carbonyl (C=O) groups is 4. The van der Waals surface area contributed by atoms with Gasteiger partial charge in [-0.3, -0.25) is 14.4 Å². The smallest absolute Gasteiger partial charge is 0.338 e. The van der Waals surface area contributed by atoms with E-state index in [0.29, 0.717) is 17.8 Å². The third-order valence-electron chi connectivity index (χ3n) is 5.33. The number of imide groups is 1. The largest absolute Gasteiger partial charge is 0.454 e. The molecule has 1 saturated heterocycles. The van der Waals surface area contributed by atoms with Gasteiger partial charge in [0.25, 0.3) is 5.91 Å². The zero-order valence-electron chi connectivity index (χ0n) is 17.8. The van der Waals surface area contributed by atoms with Gasteiger partial charge in [-0.05, 0) is 29.8 Å². The summed E-state index contributed by atoms with van der Waals surface area (Å²) in [7, 11) is 0. The van der Waals surface area contributed by atoms with E-state index in [1.54, 1.807) is 30.3 Å². The topological polar surface area (TPSA) is 92.8 Å². The second-order valence-electron chi connectivity index (χ2n) is 7.60. The molecule has 7 heteroatoms. The Morgan fingerprint density at radius 3 is 2.15 bits per heavy atom. The average molecular weight is 442 g/mol. The summed E-state index contributed by atoms with van der Waals surface area (Å²) in [6.45, 7) is 0.104. The van der Waals surface area contributed by atoms with Crippen LogP contribution in [0.4, 0.5) is 5.69 Å². The standard InChI is InChI=1S/C26H22N2O5/c29-23(19-9-5-2-6-10-19)17-33-26(32)20-11-13-21(14-12-20)28-24(30)15-22(25(28)31)27-16-18-7-3-1-4-8-18/h1-14,22,27H,15-17H2. The van der Waals surface area contributed by atoms with Crippen molar-refractivity contribution < 1.29 is 23.9 Å². The molecule has 166 valence electrons. The van der Waals surface area contributed by atoms with Crippen molar-refractivity contribution in [3.8, 4) is 0 Å². The molecule has 0 radical (unpaired) electrons. The van der Waals surface area contributed by atoms with E-state index < -0.39 is 12.0 Å². The van der Waals surface area contributed by atoms with Crippen molar-refractivity contribution >= 4 is 29.3 Å². The third-order valence-corrected chi connectivity index (χ3v) is 5.33. The van der Waals surface area contributed by atoms with Gasteiger partial charge in [-0.25, -0.2) is 9.69 Å². The first-order valence-corrected chi connectivity index (χ1v) is 10.5. The predicted molar refractivity (Wildman–Crippen MR) is 122 cm³/mol. The molecule has 0 aromatic heterocycles. The molecule has 2 amide bonds. The number of amides is 2. The van der Waals surface area contributed by atoms with E-state index in [2.05, 4.69) is 5.32 Å². The molecule has 1 heterocycles. The van der Waals surface area contributed by atoms with Gasteiger partial charge in [0, 0.05) is 12.1 Å². The molecule has 1 aliphatic heterocycles. The number of Topliss-reactive ketones (excluding diaryl/α,β-unsaturated/α-hetero) is 1. The molecule has 1 fully saturated rings. The Morgan fingerprint density at radius 1 is 0.848 bits per heavy atom. The lowest BCUT2D eigenvalue weighted by Crippen LogP contribution is -2.38. The van der Waals surface area contributed by atoms with Crippen LogP contribution in [0.25, 0.3) is 0 Å². The van der Waals surface area contributed by atoms with E-state index in [9.17, 15) is 19.2 Å². The maximum Gasteiger partial charge on any atom is 0.338 e. The minimum absolute atomic E-state index is 0.0665. The summed E-state index contributed by atoms with van der Waals surface area (Å²) in [5.74, 6) is -1.61. The van der Waals surface area contributed by atoms with Gasteiger partial charge in [0.1, 0.15) is 0 Å². The number of hydrogen-bond acceptors (Lipinski definition) is 6. The van der Waals surface area contributed by atoms with Crippen LogP contribution in [0, 0.1) is 0 Å². The number of nitrogens with one attached hydrogen (secondary N) is 1. The normalized spacial score (nSPS) is 15.5. The van der Waals surface area contributed by atoms with Crippen molar-refractivity contribution in [1.82, 2.24) is 5.32 Å². The Hall–Kier alpha value is -4.10. The highest BCUT2D eigenvalue weighted by atomic mass is 16.5. The molecule has 33 heavy (non-hydrogen) atoms. The molecule has 1 aliphatic rings. The van der Waals surface area contributed by atoms with Gasteiger partial charge in [-0.2, -0.15) is 0 Å². The number of benzene rings is 3.